The summed E-state index contributed by atoms with van der Waals surface area (Å²) in [4.78, 5) is 23.5. The van der Waals surface area contributed by atoms with Gasteiger partial charge >= 0.3 is 6.03 Å². The second kappa shape index (κ2) is 8.58. The average Bonchev–Trinajstić information content (AvgIpc) is 2.66. The van der Waals surface area contributed by atoms with E-state index in [0.717, 1.165) is 5.56 Å². The third-order valence-corrected chi connectivity index (χ3v) is 4.41. The molecule has 0 atom stereocenters. The predicted octanol–water partition coefficient (Wildman–Crippen LogP) is 4.01. The summed E-state index contributed by atoms with van der Waals surface area (Å²) in [7, 11) is 3.19. The van der Waals surface area contributed by atoms with Crippen LogP contribution in [0.5, 0.6) is 11.5 Å². The first-order chi connectivity index (χ1) is 12.8. The minimum absolute atomic E-state index is 0.0114. The number of nitrogens with one attached hydrogen (secondary N) is 2. The summed E-state index contributed by atoms with van der Waals surface area (Å²) in [6.45, 7) is 6.01. The van der Waals surface area contributed by atoms with Crippen molar-refractivity contribution >= 4 is 17.5 Å². The Morgan fingerprint density at radius 2 is 1.59 bits per heavy atom. The number of hydrogen-bond donors (Lipinski definition) is 2. The Kier molecular flexibility index (Phi) is 6.45. The predicted molar refractivity (Wildman–Crippen MR) is 106 cm³/mol. The summed E-state index contributed by atoms with van der Waals surface area (Å²) >= 11 is 0. The number of urea groups is 1. The Morgan fingerprint density at radius 1 is 0.963 bits per heavy atom. The van der Waals surface area contributed by atoms with Gasteiger partial charge in [0.1, 0.15) is 0 Å². The smallest absolute Gasteiger partial charge is 0.319 e. The zero-order chi connectivity index (χ0) is 20.0. The highest BCUT2D eigenvalue weighted by atomic mass is 16.5. The molecule has 27 heavy (non-hydrogen) atoms. The first kappa shape index (κ1) is 20.3. The second-order valence-electron chi connectivity index (χ2n) is 6.89. The zero-order valence-corrected chi connectivity index (χ0v) is 16.4. The third-order valence-electron chi connectivity index (χ3n) is 4.41. The van der Waals surface area contributed by atoms with Crippen LogP contribution in [0.1, 0.15) is 36.7 Å². The van der Waals surface area contributed by atoms with Gasteiger partial charge in [-0.25, -0.2) is 4.79 Å². The van der Waals surface area contributed by atoms with Crippen molar-refractivity contribution in [2.45, 2.75) is 26.2 Å². The topological polar surface area (TPSA) is 76.7 Å². The summed E-state index contributed by atoms with van der Waals surface area (Å²) in [5, 5.41) is 5.65. The molecule has 2 rings (SSSR count). The first-order valence-corrected chi connectivity index (χ1v) is 8.65. The van der Waals surface area contributed by atoms with Gasteiger partial charge in [0.2, 0.25) is 0 Å². The largest absolute Gasteiger partial charge is 0.493 e. The van der Waals surface area contributed by atoms with Gasteiger partial charge in [-0.1, -0.05) is 19.9 Å². The van der Waals surface area contributed by atoms with E-state index in [1.807, 2.05) is 32.0 Å². The molecule has 0 aromatic heterocycles. The van der Waals surface area contributed by atoms with Gasteiger partial charge in [-0.15, -0.1) is 0 Å². The average molecular weight is 370 g/mol. The molecule has 2 amide bonds. The van der Waals surface area contributed by atoms with E-state index >= 15 is 0 Å². The second-order valence-corrected chi connectivity index (χ2v) is 6.89. The van der Waals surface area contributed by atoms with Crippen LogP contribution in [0.4, 0.5) is 10.5 Å². The van der Waals surface area contributed by atoms with Crippen molar-refractivity contribution in [1.82, 2.24) is 5.32 Å². The molecule has 0 aliphatic heterocycles. The maximum Gasteiger partial charge on any atom is 0.319 e. The number of Topliss-reactive ketones (excluding diaryl/α,β-unsaturated/α-hetero) is 1. The fourth-order valence-corrected chi connectivity index (χ4v) is 2.62. The molecule has 144 valence electrons. The van der Waals surface area contributed by atoms with Gasteiger partial charge < -0.3 is 20.1 Å². The molecule has 0 aliphatic carbocycles. The lowest BCUT2D eigenvalue weighted by Gasteiger charge is -2.26. The fourth-order valence-electron chi connectivity index (χ4n) is 2.62. The number of carbonyl (C=O) groups excluding carboxylic acids is 2. The number of amides is 2. The van der Waals surface area contributed by atoms with Gasteiger partial charge in [-0.3, -0.25) is 4.79 Å². The molecule has 0 heterocycles. The molecule has 2 N–H and O–H groups in total. The highest BCUT2D eigenvalue weighted by Gasteiger charge is 2.23. The van der Waals surface area contributed by atoms with Crippen LogP contribution in [0, 0.1) is 0 Å². The highest BCUT2D eigenvalue weighted by molar-refractivity contribution is 5.95. The third kappa shape index (κ3) is 5.23. The van der Waals surface area contributed by atoms with Gasteiger partial charge in [0.15, 0.2) is 17.3 Å². The SMILES string of the molecule is COc1ccc(C(C)(C)CNC(=O)Nc2ccc(C(C)=O)cc2)cc1OC. The van der Waals surface area contributed by atoms with Crippen molar-refractivity contribution in [2.24, 2.45) is 0 Å². The van der Waals surface area contributed by atoms with Crippen molar-refractivity contribution in [3.05, 3.63) is 53.6 Å². The molecule has 0 saturated carbocycles. The molecule has 0 spiro atoms. The van der Waals surface area contributed by atoms with E-state index in [2.05, 4.69) is 10.6 Å². The van der Waals surface area contributed by atoms with Crippen LogP contribution in [0.3, 0.4) is 0 Å². The molecule has 0 unspecified atom stereocenters. The monoisotopic (exact) mass is 370 g/mol. The van der Waals surface area contributed by atoms with E-state index < -0.39 is 0 Å². The van der Waals surface area contributed by atoms with Gasteiger partial charge in [-0.2, -0.15) is 0 Å². The van der Waals surface area contributed by atoms with Crippen molar-refractivity contribution < 1.29 is 19.1 Å². The lowest BCUT2D eigenvalue weighted by atomic mass is 9.84. The minimum Gasteiger partial charge on any atom is -0.493 e. The zero-order valence-electron chi connectivity index (χ0n) is 16.4. The van der Waals surface area contributed by atoms with Crippen LogP contribution in [-0.4, -0.2) is 32.6 Å². The fraction of sp³-hybridized carbons (Fsp3) is 0.333. The number of carbonyl (C=O) groups is 2. The lowest BCUT2D eigenvalue weighted by Crippen LogP contribution is -2.39. The van der Waals surface area contributed by atoms with E-state index in [1.54, 1.807) is 38.5 Å². The number of anilines is 1. The van der Waals surface area contributed by atoms with Gasteiger partial charge in [-0.05, 0) is 48.9 Å². The highest BCUT2D eigenvalue weighted by Crippen LogP contribution is 2.32. The Morgan fingerprint density at radius 3 is 2.15 bits per heavy atom. The van der Waals surface area contributed by atoms with Gasteiger partial charge in [0.05, 0.1) is 14.2 Å². The van der Waals surface area contributed by atoms with Crippen molar-refractivity contribution in [1.29, 1.82) is 0 Å². The van der Waals surface area contributed by atoms with Gasteiger partial charge in [0, 0.05) is 23.2 Å². The van der Waals surface area contributed by atoms with E-state index in [0.29, 0.717) is 29.3 Å². The standard InChI is InChI=1S/C21H26N2O4/c1-14(24)15-6-9-17(10-7-15)23-20(25)22-13-21(2,3)16-8-11-18(26-4)19(12-16)27-5/h6-12H,13H2,1-5H3,(H2,22,23,25). The molecule has 6 nitrogen and oxygen atoms in total. The van der Waals surface area contributed by atoms with Crippen molar-refractivity contribution in [3.8, 4) is 11.5 Å². The molecular formula is C21H26N2O4. The number of rotatable bonds is 7. The number of benzene rings is 2. The maximum atomic E-state index is 12.2. The number of ketones is 1. The lowest BCUT2D eigenvalue weighted by molar-refractivity contribution is 0.101. The summed E-state index contributed by atoms with van der Waals surface area (Å²) in [6, 6.07) is 12.2. The summed E-state index contributed by atoms with van der Waals surface area (Å²) in [5.41, 5.74) is 1.94. The van der Waals surface area contributed by atoms with Crippen LogP contribution < -0.4 is 20.1 Å². The summed E-state index contributed by atoms with van der Waals surface area (Å²) in [5.74, 6) is 1.30. The van der Waals surface area contributed by atoms with Crippen LogP contribution in [-0.2, 0) is 5.41 Å². The molecule has 0 bridgehead atoms. The normalized spacial score (nSPS) is 10.9. The van der Waals surface area contributed by atoms with Crippen LogP contribution in [0.2, 0.25) is 0 Å². The van der Waals surface area contributed by atoms with E-state index in [1.165, 1.54) is 6.92 Å². The van der Waals surface area contributed by atoms with Crippen molar-refractivity contribution in [3.63, 3.8) is 0 Å². The molecule has 6 heteroatoms. The summed E-state index contributed by atoms with van der Waals surface area (Å²) < 4.78 is 10.6. The molecule has 0 saturated heterocycles. The Labute approximate surface area is 159 Å². The molecule has 0 aliphatic rings. The van der Waals surface area contributed by atoms with Crippen LogP contribution >= 0.6 is 0 Å². The van der Waals surface area contributed by atoms with Crippen LogP contribution in [0.15, 0.2) is 42.5 Å². The van der Waals surface area contributed by atoms with Gasteiger partial charge in [0.25, 0.3) is 0 Å². The van der Waals surface area contributed by atoms with Crippen molar-refractivity contribution in [2.75, 3.05) is 26.1 Å². The molecule has 0 radical (unpaired) electrons. The number of methoxy groups -OCH3 is 2. The molecule has 2 aromatic rings. The maximum absolute atomic E-state index is 12.2. The summed E-state index contributed by atoms with van der Waals surface area (Å²) in [6.07, 6.45) is 0. The molecular weight excluding hydrogens is 344 g/mol. The minimum atomic E-state index is -0.310. The Hall–Kier alpha value is -3.02. The molecule has 0 fully saturated rings. The molecule has 2 aromatic carbocycles. The van der Waals surface area contributed by atoms with Crippen LogP contribution in [0.25, 0.3) is 0 Å². The number of hydrogen-bond acceptors (Lipinski definition) is 4. The quantitative estimate of drug-likeness (QED) is 0.722. The Balaban J connectivity index is 1.99. The first-order valence-electron chi connectivity index (χ1n) is 8.65. The van der Waals surface area contributed by atoms with E-state index in [-0.39, 0.29) is 17.2 Å². The Bertz CT molecular complexity index is 813. The van der Waals surface area contributed by atoms with E-state index in [4.69, 9.17) is 9.47 Å². The number of ether oxygens (including phenoxy) is 2. The van der Waals surface area contributed by atoms with E-state index in [9.17, 15) is 9.59 Å².